The third-order valence-electron chi connectivity index (χ3n) is 5.23. The van der Waals surface area contributed by atoms with E-state index in [0.717, 1.165) is 5.56 Å². The molecule has 33 heavy (non-hydrogen) atoms. The molecule has 0 radical (unpaired) electrons. The number of hydrogen-bond acceptors (Lipinski definition) is 6. The predicted molar refractivity (Wildman–Crippen MR) is 122 cm³/mol. The van der Waals surface area contributed by atoms with Crippen molar-refractivity contribution in [1.82, 2.24) is 16.0 Å². The number of Topliss-reactive ketones (excluding diaryl/α,β-unsaturated/α-hetero) is 1. The molecule has 182 valence electrons. The van der Waals surface area contributed by atoms with Crippen molar-refractivity contribution in [2.45, 2.75) is 64.6 Å². The molecule has 1 aliphatic heterocycles. The summed E-state index contributed by atoms with van der Waals surface area (Å²) in [4.78, 5) is 50.5. The number of ether oxygens (including phenoxy) is 2. The summed E-state index contributed by atoms with van der Waals surface area (Å²) in [5.41, 5.74) is 0.799. The fraction of sp³-hybridized carbons (Fsp3) is 0.583. The molecule has 1 fully saturated rings. The Balaban J connectivity index is 2.10. The van der Waals surface area contributed by atoms with Gasteiger partial charge in [-0.3, -0.25) is 14.4 Å². The number of carbonyl (C=O) groups excluding carboxylic acids is 4. The molecule has 2 atom stereocenters. The second-order valence-electron chi connectivity index (χ2n) is 8.52. The van der Waals surface area contributed by atoms with E-state index in [0.29, 0.717) is 39.0 Å². The molecule has 0 saturated carbocycles. The number of likely N-dealkylation sites (N-methyl/N-ethyl adjacent to an activating group) is 1. The van der Waals surface area contributed by atoms with Gasteiger partial charge in [-0.1, -0.05) is 44.2 Å². The van der Waals surface area contributed by atoms with Crippen LogP contribution in [0.1, 0.15) is 45.6 Å². The maximum Gasteiger partial charge on any atom is 0.408 e. The average Bonchev–Trinajstić information content (AvgIpc) is 2.78. The molecular weight excluding hydrogens is 426 g/mol. The summed E-state index contributed by atoms with van der Waals surface area (Å²) in [5.74, 6) is -1.94. The van der Waals surface area contributed by atoms with Crippen molar-refractivity contribution in [2.24, 2.45) is 5.92 Å². The van der Waals surface area contributed by atoms with Crippen molar-refractivity contribution in [2.75, 3.05) is 19.8 Å². The molecule has 0 spiro atoms. The zero-order chi connectivity index (χ0) is 24.2. The van der Waals surface area contributed by atoms with Gasteiger partial charge in [-0.05, 0) is 24.8 Å². The van der Waals surface area contributed by atoms with E-state index < -0.39 is 35.8 Å². The first kappa shape index (κ1) is 26.3. The lowest BCUT2D eigenvalue weighted by Crippen LogP contribution is -2.55. The summed E-state index contributed by atoms with van der Waals surface area (Å²) in [6.45, 7) is 6.91. The summed E-state index contributed by atoms with van der Waals surface area (Å²) < 4.78 is 10.7. The lowest BCUT2D eigenvalue weighted by Gasteiger charge is -2.26. The van der Waals surface area contributed by atoms with Crippen LogP contribution in [-0.2, 0) is 30.3 Å². The summed E-state index contributed by atoms with van der Waals surface area (Å²) in [5, 5.41) is 7.80. The number of hydrogen-bond donors (Lipinski definition) is 3. The normalized spacial score (nSPS) is 15.9. The van der Waals surface area contributed by atoms with Gasteiger partial charge in [0.15, 0.2) is 0 Å². The summed E-state index contributed by atoms with van der Waals surface area (Å²) in [6.07, 6.45) is 0.776. The van der Waals surface area contributed by atoms with Gasteiger partial charge in [-0.25, -0.2) is 4.79 Å². The molecule has 2 unspecified atom stereocenters. The van der Waals surface area contributed by atoms with Gasteiger partial charge in [-0.15, -0.1) is 0 Å². The second kappa shape index (κ2) is 13.6. The Labute approximate surface area is 195 Å². The van der Waals surface area contributed by atoms with Gasteiger partial charge >= 0.3 is 6.09 Å². The molecule has 2 rings (SSSR count). The Hall–Kier alpha value is -2.94. The number of benzene rings is 1. The third kappa shape index (κ3) is 9.21. The Kier molecular flexibility index (Phi) is 10.8. The molecule has 1 saturated heterocycles. The van der Waals surface area contributed by atoms with E-state index in [1.54, 1.807) is 6.92 Å². The average molecular weight is 462 g/mol. The fourth-order valence-corrected chi connectivity index (χ4v) is 3.56. The number of rotatable bonds is 11. The van der Waals surface area contributed by atoms with E-state index in [1.807, 2.05) is 44.2 Å². The molecule has 1 aromatic rings. The first-order valence-corrected chi connectivity index (χ1v) is 11.5. The standard InChI is InChI=1S/C24H35N3O6/c1-4-25-23(30)21(28)19(15-17-8-6-5-7-9-17)26-22(29)20(14-16(2)3)27-24(31)33-18-10-12-32-13-11-18/h5-9,16,18-20H,4,10-15H2,1-3H3,(H,25,30)(H,26,29)(H,27,31). The van der Waals surface area contributed by atoms with Crippen LogP contribution < -0.4 is 16.0 Å². The fourth-order valence-electron chi connectivity index (χ4n) is 3.56. The van der Waals surface area contributed by atoms with Gasteiger partial charge in [0.05, 0.1) is 13.2 Å². The highest BCUT2D eigenvalue weighted by molar-refractivity contribution is 6.38. The highest BCUT2D eigenvalue weighted by atomic mass is 16.6. The highest BCUT2D eigenvalue weighted by Gasteiger charge is 2.31. The van der Waals surface area contributed by atoms with Crippen LogP contribution in [0.4, 0.5) is 4.79 Å². The topological polar surface area (TPSA) is 123 Å². The van der Waals surface area contributed by atoms with Gasteiger partial charge in [0, 0.05) is 25.8 Å². The van der Waals surface area contributed by atoms with Crippen molar-refractivity contribution >= 4 is 23.7 Å². The minimum atomic E-state index is -1.06. The molecule has 1 heterocycles. The number of amides is 3. The highest BCUT2D eigenvalue weighted by Crippen LogP contribution is 2.12. The zero-order valence-electron chi connectivity index (χ0n) is 19.6. The van der Waals surface area contributed by atoms with Crippen LogP contribution in [0.5, 0.6) is 0 Å². The Morgan fingerprint density at radius 2 is 1.70 bits per heavy atom. The van der Waals surface area contributed by atoms with Gasteiger partial charge in [0.2, 0.25) is 11.7 Å². The lowest BCUT2D eigenvalue weighted by molar-refractivity contribution is -0.140. The van der Waals surface area contributed by atoms with Gasteiger partial charge in [-0.2, -0.15) is 0 Å². The SMILES string of the molecule is CCNC(=O)C(=O)C(Cc1ccccc1)NC(=O)C(CC(C)C)NC(=O)OC1CCOCC1. The first-order valence-electron chi connectivity index (χ1n) is 11.5. The molecule has 9 nitrogen and oxygen atoms in total. The van der Waals surface area contributed by atoms with Crippen LogP contribution in [0.2, 0.25) is 0 Å². The Bertz CT molecular complexity index is 793. The molecule has 1 aromatic carbocycles. The summed E-state index contributed by atoms with van der Waals surface area (Å²) >= 11 is 0. The lowest BCUT2D eigenvalue weighted by atomic mass is 9.99. The number of carbonyl (C=O) groups is 4. The van der Waals surface area contributed by atoms with Crippen LogP contribution in [0.3, 0.4) is 0 Å². The Morgan fingerprint density at radius 3 is 2.30 bits per heavy atom. The van der Waals surface area contributed by atoms with Crippen molar-refractivity contribution in [3.63, 3.8) is 0 Å². The van der Waals surface area contributed by atoms with E-state index >= 15 is 0 Å². The summed E-state index contributed by atoms with van der Waals surface area (Å²) in [7, 11) is 0. The van der Waals surface area contributed by atoms with Crippen LogP contribution in [0.25, 0.3) is 0 Å². The molecule has 9 heteroatoms. The Morgan fingerprint density at radius 1 is 1.03 bits per heavy atom. The predicted octanol–water partition coefficient (Wildman–Crippen LogP) is 1.74. The molecule has 0 aromatic heterocycles. The third-order valence-corrected chi connectivity index (χ3v) is 5.23. The molecule has 3 amide bonds. The molecule has 0 aliphatic carbocycles. The number of alkyl carbamates (subject to hydrolysis) is 1. The first-order chi connectivity index (χ1) is 15.8. The van der Waals surface area contributed by atoms with E-state index in [-0.39, 0.29) is 18.4 Å². The van der Waals surface area contributed by atoms with E-state index in [4.69, 9.17) is 9.47 Å². The summed E-state index contributed by atoms with van der Waals surface area (Å²) in [6, 6.07) is 7.15. The molecule has 0 bridgehead atoms. The van der Waals surface area contributed by atoms with Crippen LogP contribution in [0, 0.1) is 5.92 Å². The second-order valence-corrected chi connectivity index (χ2v) is 8.52. The maximum atomic E-state index is 13.1. The van der Waals surface area contributed by atoms with Crippen molar-refractivity contribution in [3.05, 3.63) is 35.9 Å². The van der Waals surface area contributed by atoms with Crippen LogP contribution >= 0.6 is 0 Å². The monoisotopic (exact) mass is 461 g/mol. The van der Waals surface area contributed by atoms with E-state index in [9.17, 15) is 19.2 Å². The van der Waals surface area contributed by atoms with Crippen LogP contribution in [-0.4, -0.2) is 61.6 Å². The van der Waals surface area contributed by atoms with Crippen molar-refractivity contribution in [3.8, 4) is 0 Å². The molecule has 1 aliphatic rings. The molecule has 3 N–H and O–H groups in total. The maximum absolute atomic E-state index is 13.1. The zero-order valence-corrected chi connectivity index (χ0v) is 19.6. The van der Waals surface area contributed by atoms with Crippen LogP contribution in [0.15, 0.2) is 30.3 Å². The van der Waals surface area contributed by atoms with Gasteiger partial charge in [0.1, 0.15) is 18.2 Å². The largest absolute Gasteiger partial charge is 0.446 e. The number of nitrogens with one attached hydrogen (secondary N) is 3. The van der Waals surface area contributed by atoms with Crippen molar-refractivity contribution in [1.29, 1.82) is 0 Å². The van der Waals surface area contributed by atoms with E-state index in [2.05, 4.69) is 16.0 Å². The quantitative estimate of drug-likeness (QED) is 0.432. The molecular formula is C24H35N3O6. The minimum Gasteiger partial charge on any atom is -0.446 e. The minimum absolute atomic E-state index is 0.0933. The van der Waals surface area contributed by atoms with Gasteiger partial charge < -0.3 is 25.4 Å². The van der Waals surface area contributed by atoms with E-state index in [1.165, 1.54) is 0 Å². The number of ketones is 1. The van der Waals surface area contributed by atoms with Crippen molar-refractivity contribution < 1.29 is 28.7 Å². The van der Waals surface area contributed by atoms with Gasteiger partial charge in [0.25, 0.3) is 5.91 Å². The smallest absolute Gasteiger partial charge is 0.408 e.